The van der Waals surface area contributed by atoms with Gasteiger partial charge in [0.05, 0.1) is 0 Å². The van der Waals surface area contributed by atoms with Crippen molar-refractivity contribution in [1.29, 1.82) is 0 Å². The highest BCUT2D eigenvalue weighted by Crippen LogP contribution is 2.36. The molecule has 3 rings (SSSR count). The average Bonchev–Trinajstić information content (AvgIpc) is 2.71. The van der Waals surface area contributed by atoms with Gasteiger partial charge in [0, 0.05) is 11.6 Å². The predicted molar refractivity (Wildman–Crippen MR) is 45.7 cm³/mol. The van der Waals surface area contributed by atoms with E-state index in [0.29, 0.717) is 5.95 Å². The second-order valence-corrected chi connectivity index (χ2v) is 3.52. The van der Waals surface area contributed by atoms with Gasteiger partial charge < -0.3 is 5.11 Å². The van der Waals surface area contributed by atoms with Crippen molar-refractivity contribution in [2.45, 2.75) is 25.5 Å². The Bertz CT molecular complexity index is 370. The molecule has 5 heteroatoms. The van der Waals surface area contributed by atoms with Gasteiger partial charge in [0.25, 0.3) is 0 Å². The molecule has 0 bridgehead atoms. The minimum atomic E-state index is -0.549. The maximum absolute atomic E-state index is 9.90. The van der Waals surface area contributed by atoms with E-state index in [1.54, 1.807) is 0 Å². The van der Waals surface area contributed by atoms with E-state index in [9.17, 15) is 5.11 Å². The van der Waals surface area contributed by atoms with Crippen LogP contribution in [0.2, 0.25) is 0 Å². The summed E-state index contributed by atoms with van der Waals surface area (Å²) in [6.07, 6.45) is 4.01. The van der Waals surface area contributed by atoms with Gasteiger partial charge in [-0.15, -0.1) is 0 Å². The third-order valence-electron chi connectivity index (χ3n) is 2.78. The van der Waals surface area contributed by atoms with E-state index in [-0.39, 0.29) is 5.92 Å². The molecule has 0 radical (unpaired) electrons. The number of aromatic nitrogens is 3. The van der Waals surface area contributed by atoms with Gasteiger partial charge in [-0.3, -0.25) is 0 Å². The smallest absolute Gasteiger partial charge is 0.250 e. The van der Waals surface area contributed by atoms with Crippen LogP contribution >= 0.6 is 0 Å². The number of fused-ring (bicyclic) bond motifs is 2. The molecule has 1 aromatic rings. The average molecular weight is 178 g/mol. The van der Waals surface area contributed by atoms with E-state index in [1.807, 2.05) is 0 Å². The van der Waals surface area contributed by atoms with Gasteiger partial charge in [-0.1, -0.05) is 0 Å². The minimum Gasteiger partial charge on any atom is -0.371 e. The standard InChI is InChI=1S/C8H10N4O/c13-7-5-2-1-3-6(5)11-8-9-4-10-12(7)8/h4-5,7,13H,1-3H2. The van der Waals surface area contributed by atoms with Gasteiger partial charge in [0.15, 0.2) is 6.23 Å². The van der Waals surface area contributed by atoms with E-state index in [0.717, 1.165) is 25.0 Å². The van der Waals surface area contributed by atoms with Gasteiger partial charge >= 0.3 is 0 Å². The topological polar surface area (TPSA) is 63.3 Å². The van der Waals surface area contributed by atoms with Crippen molar-refractivity contribution in [2.24, 2.45) is 10.9 Å². The summed E-state index contributed by atoms with van der Waals surface area (Å²) < 4.78 is 1.50. The number of nitrogens with zero attached hydrogens (tertiary/aromatic N) is 4. The molecule has 0 amide bonds. The summed E-state index contributed by atoms with van der Waals surface area (Å²) in [5, 5.41) is 13.8. The summed E-state index contributed by atoms with van der Waals surface area (Å²) in [5.74, 6) is 0.717. The summed E-state index contributed by atoms with van der Waals surface area (Å²) in [6, 6.07) is 0. The third kappa shape index (κ3) is 0.875. The van der Waals surface area contributed by atoms with E-state index >= 15 is 0 Å². The first-order valence-corrected chi connectivity index (χ1v) is 4.51. The van der Waals surface area contributed by atoms with Crippen molar-refractivity contribution in [3.63, 3.8) is 0 Å². The van der Waals surface area contributed by atoms with Crippen molar-refractivity contribution in [3.05, 3.63) is 6.33 Å². The number of hydrogen-bond donors (Lipinski definition) is 1. The number of aliphatic hydroxyl groups is 1. The largest absolute Gasteiger partial charge is 0.371 e. The van der Waals surface area contributed by atoms with Crippen molar-refractivity contribution in [1.82, 2.24) is 14.8 Å². The van der Waals surface area contributed by atoms with Crippen molar-refractivity contribution in [2.75, 3.05) is 0 Å². The molecule has 2 heterocycles. The fraction of sp³-hybridized carbons (Fsp3) is 0.625. The maximum Gasteiger partial charge on any atom is 0.250 e. The molecule has 0 saturated heterocycles. The van der Waals surface area contributed by atoms with Gasteiger partial charge in [-0.05, 0) is 19.3 Å². The zero-order valence-corrected chi connectivity index (χ0v) is 7.09. The van der Waals surface area contributed by atoms with Crippen LogP contribution in [0.15, 0.2) is 11.3 Å². The van der Waals surface area contributed by atoms with E-state index < -0.39 is 6.23 Å². The summed E-state index contributed by atoms with van der Waals surface area (Å²) in [5.41, 5.74) is 1.09. The Morgan fingerprint density at radius 1 is 1.54 bits per heavy atom. The molecule has 68 valence electrons. The lowest BCUT2D eigenvalue weighted by molar-refractivity contribution is 0.0553. The quantitative estimate of drug-likeness (QED) is 0.634. The lowest BCUT2D eigenvalue weighted by Crippen LogP contribution is -2.26. The lowest BCUT2D eigenvalue weighted by atomic mass is 10.0. The molecule has 1 fully saturated rings. The van der Waals surface area contributed by atoms with E-state index in [1.165, 1.54) is 11.0 Å². The number of aliphatic hydroxyl groups excluding tert-OH is 1. The summed E-state index contributed by atoms with van der Waals surface area (Å²) in [7, 11) is 0. The van der Waals surface area contributed by atoms with Crippen molar-refractivity contribution in [3.8, 4) is 0 Å². The summed E-state index contributed by atoms with van der Waals surface area (Å²) >= 11 is 0. The number of aliphatic imine (C=N–C) groups is 1. The molecule has 1 aromatic heterocycles. The van der Waals surface area contributed by atoms with Crippen LogP contribution in [0.25, 0.3) is 0 Å². The van der Waals surface area contributed by atoms with Crippen molar-refractivity contribution < 1.29 is 5.11 Å². The lowest BCUT2D eigenvalue weighted by Gasteiger charge is -2.23. The Labute approximate surface area is 75.1 Å². The second-order valence-electron chi connectivity index (χ2n) is 3.52. The monoisotopic (exact) mass is 178 g/mol. The minimum absolute atomic E-state index is 0.175. The molecule has 1 N–H and O–H groups in total. The Hall–Kier alpha value is -1.23. The van der Waals surface area contributed by atoms with Gasteiger partial charge in [-0.2, -0.15) is 10.1 Å². The molecule has 5 nitrogen and oxygen atoms in total. The van der Waals surface area contributed by atoms with Crippen LogP contribution in [0.4, 0.5) is 5.95 Å². The highest BCUT2D eigenvalue weighted by atomic mass is 16.3. The van der Waals surface area contributed by atoms with Crippen LogP contribution < -0.4 is 0 Å². The van der Waals surface area contributed by atoms with Crippen LogP contribution in [-0.4, -0.2) is 25.6 Å². The Morgan fingerprint density at radius 2 is 2.46 bits per heavy atom. The predicted octanol–water partition coefficient (Wildman–Crippen LogP) is 0.655. The molecule has 0 aromatic carbocycles. The highest BCUT2D eigenvalue weighted by molar-refractivity contribution is 5.91. The third-order valence-corrected chi connectivity index (χ3v) is 2.78. The Morgan fingerprint density at radius 3 is 3.38 bits per heavy atom. The summed E-state index contributed by atoms with van der Waals surface area (Å²) in [6.45, 7) is 0. The molecular formula is C8H10N4O. The highest BCUT2D eigenvalue weighted by Gasteiger charge is 2.35. The van der Waals surface area contributed by atoms with Crippen LogP contribution in [-0.2, 0) is 0 Å². The Kier molecular flexibility index (Phi) is 1.32. The summed E-state index contributed by atoms with van der Waals surface area (Å²) in [4.78, 5) is 8.34. The maximum atomic E-state index is 9.90. The van der Waals surface area contributed by atoms with Gasteiger partial charge in [0.1, 0.15) is 6.33 Å². The first-order valence-electron chi connectivity index (χ1n) is 4.51. The number of rotatable bonds is 0. The van der Waals surface area contributed by atoms with Gasteiger partial charge in [-0.25, -0.2) is 9.67 Å². The van der Waals surface area contributed by atoms with Crippen molar-refractivity contribution >= 4 is 11.7 Å². The second kappa shape index (κ2) is 2.38. The van der Waals surface area contributed by atoms with Crippen LogP contribution in [0.1, 0.15) is 25.5 Å². The van der Waals surface area contributed by atoms with Crippen LogP contribution in [0, 0.1) is 5.92 Å². The fourth-order valence-corrected chi connectivity index (χ4v) is 2.12. The molecule has 1 aliphatic carbocycles. The molecule has 13 heavy (non-hydrogen) atoms. The van der Waals surface area contributed by atoms with E-state index in [4.69, 9.17) is 0 Å². The zero-order chi connectivity index (χ0) is 8.84. The van der Waals surface area contributed by atoms with Crippen LogP contribution in [0.3, 0.4) is 0 Å². The molecule has 1 saturated carbocycles. The molecule has 2 aliphatic rings. The first kappa shape index (κ1) is 7.20. The Balaban J connectivity index is 2.14. The molecule has 2 unspecified atom stereocenters. The molecule has 1 aliphatic heterocycles. The molecule has 2 atom stereocenters. The first-order chi connectivity index (χ1) is 6.36. The normalized spacial score (nSPS) is 31.0. The zero-order valence-electron chi connectivity index (χ0n) is 7.09. The molecule has 0 spiro atoms. The SMILES string of the molecule is OC1C2CCCC2=Nc2ncnn21. The van der Waals surface area contributed by atoms with Gasteiger partial charge in [0.2, 0.25) is 5.95 Å². The van der Waals surface area contributed by atoms with Crippen LogP contribution in [0.5, 0.6) is 0 Å². The van der Waals surface area contributed by atoms with E-state index in [2.05, 4.69) is 15.1 Å². The number of hydrogen-bond acceptors (Lipinski definition) is 4. The molecular weight excluding hydrogens is 168 g/mol. The fourth-order valence-electron chi connectivity index (χ4n) is 2.12.